The number of hydrogen-bond acceptors (Lipinski definition) is 2. The Morgan fingerprint density at radius 3 is 2.12 bits per heavy atom. The molecule has 0 aromatic heterocycles. The fourth-order valence-electron chi connectivity index (χ4n) is 2.73. The fraction of sp³-hybridized carbons (Fsp3) is 0.312. The van der Waals surface area contributed by atoms with Crippen LogP contribution in [0, 0.1) is 6.92 Å². The average molecular weight is 447 g/mol. The summed E-state index contributed by atoms with van der Waals surface area (Å²) in [5.74, 6) is -0.511. The van der Waals surface area contributed by atoms with Crippen molar-refractivity contribution in [3.63, 3.8) is 0 Å². The Labute approximate surface area is 169 Å². The summed E-state index contributed by atoms with van der Waals surface area (Å²) >= 11 is 38.0. The second kappa shape index (κ2) is 5.97. The van der Waals surface area contributed by atoms with Crippen molar-refractivity contribution in [2.75, 3.05) is 6.61 Å². The molecule has 0 heterocycles. The van der Waals surface area contributed by atoms with E-state index in [1.54, 1.807) is 12.1 Å². The first-order chi connectivity index (χ1) is 11.1. The monoisotopic (exact) mass is 444 g/mol. The Kier molecular flexibility index (Phi) is 4.65. The summed E-state index contributed by atoms with van der Waals surface area (Å²) in [7, 11) is 0. The molecule has 0 radical (unpaired) electrons. The maximum atomic E-state index is 12.1. The molecule has 0 spiro atoms. The summed E-state index contributed by atoms with van der Waals surface area (Å²) in [6, 6.07) is 6.96. The minimum atomic E-state index is -1.69. The average Bonchev–Trinajstić information content (AvgIpc) is 2.75. The Morgan fingerprint density at radius 2 is 1.62 bits per heavy atom. The zero-order valence-electron chi connectivity index (χ0n) is 12.2. The molecule has 2 nitrogen and oxygen atoms in total. The molecule has 0 saturated carbocycles. The van der Waals surface area contributed by atoms with Gasteiger partial charge in [0.05, 0.1) is 15.6 Å². The lowest BCUT2D eigenvalue weighted by atomic mass is 10.0. The highest BCUT2D eigenvalue weighted by Crippen LogP contribution is 2.71. The number of fused-ring (bicyclic) bond motifs is 2. The van der Waals surface area contributed by atoms with Crippen molar-refractivity contribution >= 4 is 75.6 Å². The number of rotatable bonds is 3. The van der Waals surface area contributed by atoms with Crippen LogP contribution in [0.5, 0.6) is 0 Å². The zero-order chi connectivity index (χ0) is 17.9. The van der Waals surface area contributed by atoms with Crippen LogP contribution in [0.2, 0.25) is 0 Å². The fourth-order valence-corrected chi connectivity index (χ4v) is 5.27. The van der Waals surface area contributed by atoms with Crippen molar-refractivity contribution in [1.82, 2.24) is 0 Å². The topological polar surface area (TPSA) is 26.3 Å². The lowest BCUT2D eigenvalue weighted by Crippen LogP contribution is -2.45. The van der Waals surface area contributed by atoms with E-state index in [4.69, 9.17) is 74.3 Å². The highest BCUT2D eigenvalue weighted by molar-refractivity contribution is 6.66. The minimum Gasteiger partial charge on any atom is -0.457 e. The van der Waals surface area contributed by atoms with Gasteiger partial charge in [0.25, 0.3) is 0 Å². The van der Waals surface area contributed by atoms with Gasteiger partial charge in [-0.2, -0.15) is 0 Å². The molecule has 24 heavy (non-hydrogen) atoms. The molecule has 3 rings (SSSR count). The van der Waals surface area contributed by atoms with Crippen molar-refractivity contribution in [1.29, 1.82) is 0 Å². The summed E-state index contributed by atoms with van der Waals surface area (Å²) in [6.45, 7) is 1.76. The van der Waals surface area contributed by atoms with Crippen LogP contribution in [0.3, 0.4) is 0 Å². The summed E-state index contributed by atoms with van der Waals surface area (Å²) in [5.41, 5.74) is 1.84. The van der Waals surface area contributed by atoms with Crippen LogP contribution >= 0.6 is 69.6 Å². The standard InChI is InChI=1S/C16H10Cl6O2/c1-8-2-4-9(5-3-8)13(23)24-7-10-6-14(19)11(17)12(18)15(10,20)16(14,21)22/h2-6H,7H2,1H3. The maximum absolute atomic E-state index is 12.1. The Hall–Kier alpha value is -0.0900. The second-order valence-electron chi connectivity index (χ2n) is 5.68. The van der Waals surface area contributed by atoms with Crippen molar-refractivity contribution in [2.24, 2.45) is 0 Å². The van der Waals surface area contributed by atoms with E-state index in [9.17, 15) is 4.79 Å². The van der Waals surface area contributed by atoms with Gasteiger partial charge in [0.15, 0.2) is 4.33 Å². The number of esters is 1. The Bertz CT molecular complexity index is 782. The number of alkyl halides is 4. The molecule has 2 bridgehead atoms. The molecular formula is C16H10Cl6O2. The van der Waals surface area contributed by atoms with Crippen LogP contribution in [0.15, 0.2) is 46.0 Å². The van der Waals surface area contributed by atoms with Crippen molar-refractivity contribution in [3.05, 3.63) is 57.1 Å². The van der Waals surface area contributed by atoms with Gasteiger partial charge in [-0.3, -0.25) is 0 Å². The molecule has 0 fully saturated rings. The predicted octanol–water partition coefficient (Wildman–Crippen LogP) is 5.92. The molecule has 1 aromatic rings. The molecule has 1 aromatic carbocycles. The Morgan fingerprint density at radius 1 is 1.04 bits per heavy atom. The third kappa shape index (κ3) is 2.35. The number of allylic oxidation sites excluding steroid dienone is 3. The van der Waals surface area contributed by atoms with E-state index >= 15 is 0 Å². The van der Waals surface area contributed by atoms with E-state index in [1.165, 1.54) is 6.08 Å². The summed E-state index contributed by atoms with van der Waals surface area (Å²) in [6.07, 6.45) is 1.50. The van der Waals surface area contributed by atoms with Crippen LogP contribution in [0.25, 0.3) is 0 Å². The first-order valence-corrected chi connectivity index (χ1v) is 9.10. The molecule has 0 N–H and O–H groups in total. The van der Waals surface area contributed by atoms with Crippen LogP contribution in [-0.2, 0) is 4.74 Å². The number of aryl methyl sites for hydroxylation is 1. The van der Waals surface area contributed by atoms with E-state index in [-0.39, 0.29) is 16.7 Å². The van der Waals surface area contributed by atoms with Gasteiger partial charge in [0, 0.05) is 0 Å². The molecule has 8 heteroatoms. The van der Waals surface area contributed by atoms with Gasteiger partial charge in [-0.25, -0.2) is 4.79 Å². The molecular weight excluding hydrogens is 437 g/mol. The van der Waals surface area contributed by atoms with Gasteiger partial charge in [0.1, 0.15) is 16.4 Å². The summed E-state index contributed by atoms with van der Waals surface area (Å²) in [4.78, 5) is 9.15. The van der Waals surface area contributed by atoms with Gasteiger partial charge < -0.3 is 4.74 Å². The van der Waals surface area contributed by atoms with Crippen molar-refractivity contribution < 1.29 is 9.53 Å². The van der Waals surface area contributed by atoms with Gasteiger partial charge in [0.2, 0.25) is 0 Å². The van der Waals surface area contributed by atoms with Crippen LogP contribution < -0.4 is 0 Å². The van der Waals surface area contributed by atoms with Crippen LogP contribution in [-0.4, -0.2) is 26.7 Å². The molecule has 0 saturated heterocycles. The van der Waals surface area contributed by atoms with E-state index < -0.39 is 20.1 Å². The van der Waals surface area contributed by atoms with Gasteiger partial charge in [-0.15, -0.1) is 23.2 Å². The number of ether oxygens (including phenoxy) is 1. The first kappa shape index (κ1) is 18.7. The van der Waals surface area contributed by atoms with Crippen molar-refractivity contribution in [2.45, 2.75) is 21.0 Å². The molecule has 2 atom stereocenters. The minimum absolute atomic E-state index is 0.0368. The van der Waals surface area contributed by atoms with Gasteiger partial charge in [-0.1, -0.05) is 70.2 Å². The summed E-state index contributed by atoms with van der Waals surface area (Å²) < 4.78 is 3.61. The van der Waals surface area contributed by atoms with E-state index in [0.29, 0.717) is 11.1 Å². The lowest BCUT2D eigenvalue weighted by molar-refractivity contribution is 0.0536. The number of carbonyl (C=O) groups excluding carboxylic acids is 1. The number of halogens is 6. The first-order valence-electron chi connectivity index (χ1n) is 6.83. The highest BCUT2D eigenvalue weighted by Gasteiger charge is 2.75. The molecule has 0 amide bonds. The second-order valence-corrected chi connectivity index (χ2v) is 8.93. The van der Waals surface area contributed by atoms with Gasteiger partial charge >= 0.3 is 5.97 Å². The van der Waals surface area contributed by atoms with Crippen LogP contribution in [0.1, 0.15) is 15.9 Å². The number of carbonyl (C=O) groups is 1. The molecule has 2 aliphatic carbocycles. The SMILES string of the molecule is Cc1ccc(C(=O)OCC2=CC3(Cl)C(Cl)=C(Cl)C2(Cl)C3(Cl)Cl)cc1. The van der Waals surface area contributed by atoms with Gasteiger partial charge in [-0.05, 0) is 24.6 Å². The number of benzene rings is 1. The molecule has 2 aliphatic rings. The predicted molar refractivity (Wildman–Crippen MR) is 99.9 cm³/mol. The lowest BCUT2D eigenvalue weighted by Gasteiger charge is -2.33. The molecule has 128 valence electrons. The Balaban J connectivity index is 1.82. The van der Waals surface area contributed by atoms with E-state index in [2.05, 4.69) is 0 Å². The molecule has 2 unspecified atom stereocenters. The molecule has 0 aliphatic heterocycles. The normalized spacial score (nSPS) is 30.5. The zero-order valence-corrected chi connectivity index (χ0v) is 16.7. The smallest absolute Gasteiger partial charge is 0.338 e. The number of hydrogen-bond donors (Lipinski definition) is 0. The quantitative estimate of drug-likeness (QED) is 0.327. The maximum Gasteiger partial charge on any atom is 0.338 e. The van der Waals surface area contributed by atoms with E-state index in [1.807, 2.05) is 19.1 Å². The van der Waals surface area contributed by atoms with Crippen LogP contribution in [0.4, 0.5) is 0 Å². The highest BCUT2D eigenvalue weighted by atomic mass is 35.5. The third-order valence-corrected chi connectivity index (χ3v) is 8.26. The third-order valence-electron chi connectivity index (χ3n) is 4.17. The summed E-state index contributed by atoms with van der Waals surface area (Å²) in [5, 5.41) is 0.106. The van der Waals surface area contributed by atoms with E-state index in [0.717, 1.165) is 5.56 Å². The largest absolute Gasteiger partial charge is 0.457 e. The van der Waals surface area contributed by atoms with Crippen molar-refractivity contribution in [3.8, 4) is 0 Å².